The number of aromatic nitrogens is 5. The van der Waals surface area contributed by atoms with E-state index in [0.29, 0.717) is 79.6 Å². The molecule has 6 bridgehead atoms. The maximum Gasteiger partial charge on any atom is 0.319 e. The third kappa shape index (κ3) is 4.86. The number of H-pyrrole nitrogens is 1. The van der Waals surface area contributed by atoms with Crippen molar-refractivity contribution < 1.29 is 23.0 Å². The van der Waals surface area contributed by atoms with Crippen molar-refractivity contribution in [3.05, 3.63) is 34.9 Å². The van der Waals surface area contributed by atoms with E-state index in [0.717, 1.165) is 43.2 Å². The molecule has 3 fully saturated rings. The van der Waals surface area contributed by atoms with E-state index in [9.17, 15) is 4.39 Å². The third-order valence-corrected chi connectivity index (χ3v) is 9.96. The maximum absolute atomic E-state index is 16.9. The first-order chi connectivity index (χ1) is 21.5. The predicted molar refractivity (Wildman–Crippen MR) is 162 cm³/mol. The van der Waals surface area contributed by atoms with Gasteiger partial charge in [0.2, 0.25) is 0 Å². The first kappa shape index (κ1) is 28.3. The average Bonchev–Trinajstić information content (AvgIpc) is 3.72. The zero-order chi connectivity index (χ0) is 29.8. The number of fused-ring (bicyclic) bond motifs is 8. The molecule has 1 aromatic carbocycles. The smallest absolute Gasteiger partial charge is 0.319 e. The van der Waals surface area contributed by atoms with E-state index in [1.54, 1.807) is 12.4 Å². The number of hydrogen-bond acceptors (Lipinski definition) is 9. The molecular weight excluding hydrogens is 592 g/mol. The number of aromatic amines is 1. The summed E-state index contributed by atoms with van der Waals surface area (Å²) >= 11 is 6.80. The molecule has 9 rings (SSSR count). The Morgan fingerprint density at radius 1 is 1.11 bits per heavy atom. The molecule has 3 aromatic heterocycles. The summed E-state index contributed by atoms with van der Waals surface area (Å²) in [6.07, 6.45) is 6.74. The van der Waals surface area contributed by atoms with Crippen LogP contribution in [0.1, 0.15) is 37.7 Å². The molecule has 4 aromatic rings. The highest BCUT2D eigenvalue weighted by Crippen LogP contribution is 2.42. The molecule has 232 valence electrons. The SMILES string of the molecule is Fc1c2ncc3c(nc(OC[C@@]45CCCN4C[C@H](F)C5)nc13)N1CCO[C@@H](COCCCCc3c(Cl)cc4[nH]ncc4c3-2)C1. The van der Waals surface area contributed by atoms with Crippen molar-refractivity contribution in [2.24, 2.45) is 0 Å². The molecule has 3 atom stereocenters. The molecule has 1 N–H and O–H groups in total. The molecular formula is C31H34ClF2N7O3. The minimum Gasteiger partial charge on any atom is -0.461 e. The van der Waals surface area contributed by atoms with Crippen molar-refractivity contribution >= 4 is 39.2 Å². The lowest BCUT2D eigenvalue weighted by molar-refractivity contribution is -0.0243. The van der Waals surface area contributed by atoms with Crippen LogP contribution >= 0.6 is 11.6 Å². The minimum absolute atomic E-state index is 0.0623. The molecule has 44 heavy (non-hydrogen) atoms. The second-order valence-electron chi connectivity index (χ2n) is 12.4. The molecule has 0 unspecified atom stereocenters. The minimum atomic E-state index is -0.885. The van der Waals surface area contributed by atoms with E-state index >= 15 is 4.39 Å². The number of hydrogen-bond donors (Lipinski definition) is 1. The summed E-state index contributed by atoms with van der Waals surface area (Å²) < 4.78 is 49.7. The number of ether oxygens (including phenoxy) is 3. The van der Waals surface area contributed by atoms with Gasteiger partial charge in [0, 0.05) is 54.8 Å². The largest absolute Gasteiger partial charge is 0.461 e. The van der Waals surface area contributed by atoms with E-state index < -0.39 is 17.5 Å². The fourth-order valence-electron chi connectivity index (χ4n) is 7.50. The number of rotatable bonds is 3. The van der Waals surface area contributed by atoms with Gasteiger partial charge in [-0.3, -0.25) is 15.0 Å². The Balaban J connectivity index is 1.28. The van der Waals surface area contributed by atoms with Gasteiger partial charge in [-0.2, -0.15) is 15.1 Å². The van der Waals surface area contributed by atoms with Crippen molar-refractivity contribution in [2.75, 3.05) is 57.5 Å². The number of nitrogens with one attached hydrogen (secondary N) is 1. The van der Waals surface area contributed by atoms with Crippen molar-refractivity contribution in [1.82, 2.24) is 30.0 Å². The lowest BCUT2D eigenvalue weighted by Crippen LogP contribution is -2.45. The highest BCUT2D eigenvalue weighted by molar-refractivity contribution is 6.33. The Labute approximate surface area is 258 Å². The fourth-order valence-corrected chi connectivity index (χ4v) is 7.80. The first-order valence-corrected chi connectivity index (χ1v) is 15.8. The molecule has 5 aliphatic heterocycles. The first-order valence-electron chi connectivity index (χ1n) is 15.5. The maximum atomic E-state index is 16.9. The van der Waals surface area contributed by atoms with Gasteiger partial charge in [-0.15, -0.1) is 0 Å². The van der Waals surface area contributed by atoms with Gasteiger partial charge < -0.3 is 19.1 Å². The molecule has 5 aliphatic rings. The zero-order valence-corrected chi connectivity index (χ0v) is 25.1. The van der Waals surface area contributed by atoms with Crippen molar-refractivity contribution in [3.8, 4) is 17.3 Å². The summed E-state index contributed by atoms with van der Waals surface area (Å²) in [6, 6.07) is 1.89. The van der Waals surface area contributed by atoms with Gasteiger partial charge >= 0.3 is 6.01 Å². The summed E-state index contributed by atoms with van der Waals surface area (Å²) in [5.74, 6) is -0.0497. The second-order valence-corrected chi connectivity index (χ2v) is 12.8. The van der Waals surface area contributed by atoms with E-state index in [2.05, 4.69) is 30.0 Å². The van der Waals surface area contributed by atoms with Crippen LogP contribution in [0.15, 0.2) is 18.5 Å². The van der Waals surface area contributed by atoms with Gasteiger partial charge in [-0.25, -0.2) is 8.78 Å². The summed E-state index contributed by atoms with van der Waals surface area (Å²) in [4.78, 5) is 18.4. The molecule has 0 spiro atoms. The summed E-state index contributed by atoms with van der Waals surface area (Å²) in [7, 11) is 0. The molecule has 8 heterocycles. The number of pyridine rings is 1. The summed E-state index contributed by atoms with van der Waals surface area (Å²) in [6.45, 7) is 4.07. The number of halogens is 3. The van der Waals surface area contributed by atoms with E-state index in [1.807, 2.05) is 6.07 Å². The predicted octanol–water partition coefficient (Wildman–Crippen LogP) is 4.87. The topological polar surface area (TPSA) is 102 Å². The number of anilines is 1. The molecule has 13 heteroatoms. The quantitative estimate of drug-likeness (QED) is 0.342. The Kier molecular flexibility index (Phi) is 7.27. The van der Waals surface area contributed by atoms with Crippen molar-refractivity contribution in [3.63, 3.8) is 0 Å². The normalized spacial score (nSPS) is 26.1. The van der Waals surface area contributed by atoms with Crippen molar-refractivity contribution in [2.45, 2.75) is 56.3 Å². The van der Waals surface area contributed by atoms with Crippen LogP contribution < -0.4 is 9.64 Å². The van der Waals surface area contributed by atoms with Crippen LogP contribution in [0.2, 0.25) is 5.02 Å². The molecule has 0 amide bonds. The Morgan fingerprint density at radius 3 is 2.98 bits per heavy atom. The van der Waals surface area contributed by atoms with Crippen molar-refractivity contribution in [1.29, 1.82) is 0 Å². The van der Waals surface area contributed by atoms with Crippen LogP contribution in [-0.2, 0) is 15.9 Å². The van der Waals surface area contributed by atoms with Crippen LogP contribution in [0, 0.1) is 5.82 Å². The van der Waals surface area contributed by atoms with Crippen LogP contribution in [0.3, 0.4) is 0 Å². The van der Waals surface area contributed by atoms with Gasteiger partial charge in [-0.05, 0) is 50.3 Å². The lowest BCUT2D eigenvalue weighted by atomic mass is 9.95. The second kappa shape index (κ2) is 11.3. The number of nitrogens with zero attached hydrogens (tertiary/aromatic N) is 6. The molecule has 10 nitrogen and oxygen atoms in total. The number of alkyl halides is 1. The molecule has 0 aliphatic carbocycles. The third-order valence-electron chi connectivity index (χ3n) is 9.62. The highest BCUT2D eigenvalue weighted by atomic mass is 35.5. The van der Waals surface area contributed by atoms with Gasteiger partial charge in [-0.1, -0.05) is 11.6 Å². The average molecular weight is 626 g/mol. The summed E-state index contributed by atoms with van der Waals surface area (Å²) in [5, 5.41) is 8.90. The number of morpholine rings is 1. The molecule has 0 saturated carbocycles. The highest BCUT2D eigenvalue weighted by Gasteiger charge is 2.49. The number of benzene rings is 1. The van der Waals surface area contributed by atoms with Crippen LogP contribution in [-0.4, -0.2) is 100 Å². The Hall–Kier alpha value is -3.19. The Morgan fingerprint density at radius 2 is 2.05 bits per heavy atom. The monoisotopic (exact) mass is 625 g/mol. The van der Waals surface area contributed by atoms with Gasteiger partial charge in [0.1, 0.15) is 29.8 Å². The summed E-state index contributed by atoms with van der Waals surface area (Å²) in [5.41, 5.74) is 1.97. The van der Waals surface area contributed by atoms with Crippen LogP contribution in [0.5, 0.6) is 6.01 Å². The van der Waals surface area contributed by atoms with E-state index in [-0.39, 0.29) is 29.9 Å². The lowest BCUT2D eigenvalue weighted by Gasteiger charge is -2.34. The van der Waals surface area contributed by atoms with Crippen LogP contribution in [0.25, 0.3) is 33.1 Å². The van der Waals surface area contributed by atoms with E-state index in [4.69, 9.17) is 30.8 Å². The van der Waals surface area contributed by atoms with E-state index in [1.165, 1.54) is 0 Å². The van der Waals surface area contributed by atoms with Gasteiger partial charge in [0.05, 0.1) is 42.0 Å². The molecule has 3 saturated heterocycles. The van der Waals surface area contributed by atoms with Gasteiger partial charge in [0.15, 0.2) is 5.82 Å². The zero-order valence-electron chi connectivity index (χ0n) is 24.3. The fraction of sp³-hybridized carbons (Fsp3) is 0.548. The van der Waals surface area contributed by atoms with Crippen LogP contribution in [0.4, 0.5) is 14.6 Å². The standard InChI is InChI=1S/C31H34ClF2N7O3/c32-23-10-24-21(13-36-39-24)25-20(23)4-1-2-8-42-16-19-15-40(7-9-43-19)29-22-12-35-28(25)26(34)27(22)37-30(38-29)44-17-31-5-3-6-41(31)14-18(33)11-31/h10,12-13,18-19H,1-9,11,14-17H2,(H,36,39)/t18-,19-,31+/m1/s1. The molecule has 0 radical (unpaired) electrons. The Bertz CT molecular complexity index is 1720. The van der Waals surface area contributed by atoms with Gasteiger partial charge in [0.25, 0.3) is 0 Å².